The molecule has 5 aromatic carbocycles. The second-order valence-corrected chi connectivity index (χ2v) is 10.1. The summed E-state index contributed by atoms with van der Waals surface area (Å²) in [7, 11) is 0. The molecule has 0 atom stereocenters. The highest BCUT2D eigenvalue weighted by molar-refractivity contribution is 6.14. The van der Waals surface area contributed by atoms with Crippen LogP contribution in [0.4, 0.5) is 0 Å². The first-order valence-electron chi connectivity index (χ1n) is 13.3. The van der Waals surface area contributed by atoms with Gasteiger partial charge in [-0.05, 0) is 30.3 Å². The number of nitrogens with zero attached hydrogens (tertiary/aromatic N) is 4. The molecule has 2 aliphatic heterocycles. The third-order valence-electron chi connectivity index (χ3n) is 7.82. The van der Waals surface area contributed by atoms with Crippen molar-refractivity contribution in [3.05, 3.63) is 121 Å². The van der Waals surface area contributed by atoms with Crippen LogP contribution in [0.1, 0.15) is 0 Å². The van der Waals surface area contributed by atoms with E-state index in [0.29, 0.717) is 5.95 Å². The van der Waals surface area contributed by atoms with E-state index in [1.54, 1.807) is 0 Å². The molecule has 0 radical (unpaired) electrons. The third-order valence-corrected chi connectivity index (χ3v) is 7.82. The van der Waals surface area contributed by atoms with Gasteiger partial charge in [-0.3, -0.25) is 4.57 Å². The summed E-state index contributed by atoms with van der Waals surface area (Å²) in [4.78, 5) is 15.4. The molecule has 0 saturated heterocycles. The number of fused-ring (bicyclic) bond motifs is 9. The van der Waals surface area contributed by atoms with Crippen LogP contribution >= 0.6 is 0 Å². The Kier molecular flexibility index (Phi) is 4.27. The highest BCUT2D eigenvalue weighted by Gasteiger charge is 2.21. The fourth-order valence-electron chi connectivity index (χ4n) is 6.04. The number of benzene rings is 5. The minimum Gasteiger partial charge on any atom is -0.456 e. The number of para-hydroxylation sites is 4. The van der Waals surface area contributed by atoms with E-state index < -0.39 is 0 Å². The largest absolute Gasteiger partial charge is 0.456 e. The van der Waals surface area contributed by atoms with E-state index in [-0.39, 0.29) is 0 Å². The van der Waals surface area contributed by atoms with Crippen molar-refractivity contribution in [2.75, 3.05) is 0 Å². The van der Waals surface area contributed by atoms with Crippen molar-refractivity contribution >= 4 is 54.6 Å². The Bertz CT molecular complexity index is 2400. The average Bonchev–Trinajstić information content (AvgIpc) is 3.59. The Labute approximate surface area is 228 Å². The van der Waals surface area contributed by atoms with Gasteiger partial charge in [-0.25, -0.2) is 15.0 Å². The van der Waals surface area contributed by atoms with Gasteiger partial charge >= 0.3 is 0 Å². The molecule has 40 heavy (non-hydrogen) atoms. The number of hydrogen-bond acceptors (Lipinski definition) is 4. The first-order valence-corrected chi connectivity index (χ1v) is 13.3. The maximum Gasteiger partial charge on any atom is 0.235 e. The topological polar surface area (TPSA) is 56.7 Å². The van der Waals surface area contributed by atoms with Crippen LogP contribution in [0.5, 0.6) is 0 Å². The zero-order valence-electron chi connectivity index (χ0n) is 21.2. The molecular formula is C35H20N4O. The summed E-state index contributed by atoms with van der Waals surface area (Å²) in [6.07, 6.45) is 2.13. The quantitative estimate of drug-likeness (QED) is 0.232. The second-order valence-electron chi connectivity index (χ2n) is 10.1. The SMILES string of the molecule is c1ccc2c3cn(-c4nc(-c5cccc6oc7ccccc7c56)c5ccccc5n4)c4ccccc4c-3nc2c1. The van der Waals surface area contributed by atoms with Crippen molar-refractivity contribution in [3.8, 4) is 28.5 Å². The van der Waals surface area contributed by atoms with Gasteiger partial charge in [0.05, 0.1) is 27.9 Å². The number of furan rings is 1. The molecule has 186 valence electrons. The van der Waals surface area contributed by atoms with Crippen LogP contribution in [0.15, 0.2) is 126 Å². The first-order chi connectivity index (χ1) is 19.8. The number of hydrogen-bond donors (Lipinski definition) is 0. The summed E-state index contributed by atoms with van der Waals surface area (Å²) < 4.78 is 8.33. The molecule has 7 aromatic rings. The molecule has 4 heterocycles. The predicted octanol–water partition coefficient (Wildman–Crippen LogP) is 8.79. The normalized spacial score (nSPS) is 12.0. The van der Waals surface area contributed by atoms with Gasteiger partial charge in [-0.1, -0.05) is 84.9 Å². The summed E-state index contributed by atoms with van der Waals surface area (Å²) in [5, 5.41) is 5.32. The molecule has 0 saturated carbocycles. The molecule has 0 N–H and O–H groups in total. The summed E-state index contributed by atoms with van der Waals surface area (Å²) in [6.45, 7) is 0. The fraction of sp³-hybridized carbons (Fsp3) is 0. The molecule has 0 aliphatic carbocycles. The first kappa shape index (κ1) is 21.4. The van der Waals surface area contributed by atoms with Gasteiger partial charge in [-0.15, -0.1) is 0 Å². The smallest absolute Gasteiger partial charge is 0.235 e. The molecule has 0 amide bonds. The van der Waals surface area contributed by atoms with Gasteiger partial charge in [0.25, 0.3) is 0 Å². The Balaban J connectivity index is 1.41. The molecule has 5 nitrogen and oxygen atoms in total. The van der Waals surface area contributed by atoms with Crippen molar-refractivity contribution in [1.82, 2.24) is 19.5 Å². The Morgan fingerprint density at radius 1 is 0.475 bits per heavy atom. The minimum atomic E-state index is 0.613. The van der Waals surface area contributed by atoms with Crippen LogP contribution in [0, 0.1) is 0 Å². The van der Waals surface area contributed by atoms with Crippen molar-refractivity contribution in [3.63, 3.8) is 0 Å². The standard InChI is InChI=1S/C35H20N4O/c1-5-15-27-21(10-1)26-20-39(29-17-7-3-12-23(29)34(26)36-27)35-37-28-16-6-2-11-22(28)33(38-35)25-14-9-19-31-32(25)24-13-4-8-18-30(24)40-31/h1-20H. The lowest BCUT2D eigenvalue weighted by molar-refractivity contribution is 0.669. The summed E-state index contributed by atoms with van der Waals surface area (Å²) in [5.74, 6) is 0.613. The lowest BCUT2D eigenvalue weighted by Gasteiger charge is -2.16. The molecule has 0 fully saturated rings. The van der Waals surface area contributed by atoms with Crippen LogP contribution in [0.25, 0.3) is 83.1 Å². The van der Waals surface area contributed by atoms with Gasteiger partial charge < -0.3 is 4.42 Å². The van der Waals surface area contributed by atoms with E-state index in [4.69, 9.17) is 19.4 Å². The molecule has 9 rings (SSSR count). The molecule has 0 spiro atoms. The number of pyridine rings is 1. The minimum absolute atomic E-state index is 0.613. The van der Waals surface area contributed by atoms with Crippen molar-refractivity contribution < 1.29 is 4.42 Å². The zero-order valence-corrected chi connectivity index (χ0v) is 21.2. The maximum atomic E-state index is 6.22. The van der Waals surface area contributed by atoms with Crippen molar-refractivity contribution in [1.29, 1.82) is 0 Å². The van der Waals surface area contributed by atoms with Gasteiger partial charge in [0, 0.05) is 44.3 Å². The third kappa shape index (κ3) is 2.94. The Morgan fingerprint density at radius 3 is 2.00 bits per heavy atom. The van der Waals surface area contributed by atoms with Crippen LogP contribution in [0.3, 0.4) is 0 Å². The monoisotopic (exact) mass is 512 g/mol. The van der Waals surface area contributed by atoms with Gasteiger partial charge in [0.1, 0.15) is 11.2 Å². The summed E-state index contributed by atoms with van der Waals surface area (Å²) in [5.41, 5.74) is 8.55. The predicted molar refractivity (Wildman–Crippen MR) is 161 cm³/mol. The Hall–Kier alpha value is -5.55. The van der Waals surface area contributed by atoms with E-state index in [2.05, 4.69) is 71.4 Å². The van der Waals surface area contributed by atoms with Gasteiger partial charge in [-0.2, -0.15) is 0 Å². The van der Waals surface area contributed by atoms with E-state index >= 15 is 0 Å². The Morgan fingerprint density at radius 2 is 1.12 bits per heavy atom. The van der Waals surface area contributed by atoms with Crippen molar-refractivity contribution in [2.24, 2.45) is 0 Å². The molecule has 5 heteroatoms. The summed E-state index contributed by atoms with van der Waals surface area (Å²) in [6, 6.07) is 39.2. The molecular weight excluding hydrogens is 492 g/mol. The molecule has 0 bridgehead atoms. The van der Waals surface area contributed by atoms with Crippen LogP contribution < -0.4 is 0 Å². The highest BCUT2D eigenvalue weighted by Crippen LogP contribution is 2.40. The second kappa shape index (κ2) is 7.98. The molecule has 0 unspecified atom stereocenters. The van der Waals surface area contributed by atoms with E-state index in [1.807, 2.05) is 54.6 Å². The zero-order chi connectivity index (χ0) is 26.2. The fourth-order valence-corrected chi connectivity index (χ4v) is 6.04. The number of aromatic nitrogens is 4. The highest BCUT2D eigenvalue weighted by atomic mass is 16.3. The van der Waals surface area contributed by atoms with Gasteiger partial charge in [0.2, 0.25) is 5.95 Å². The molecule has 2 aliphatic rings. The molecule has 2 aromatic heterocycles. The van der Waals surface area contributed by atoms with Crippen LogP contribution in [-0.4, -0.2) is 19.5 Å². The van der Waals surface area contributed by atoms with E-state index in [0.717, 1.165) is 77.2 Å². The lowest BCUT2D eigenvalue weighted by Crippen LogP contribution is -2.06. The van der Waals surface area contributed by atoms with Gasteiger partial charge in [0.15, 0.2) is 0 Å². The van der Waals surface area contributed by atoms with E-state index in [1.165, 1.54) is 0 Å². The van der Waals surface area contributed by atoms with Crippen LogP contribution in [0.2, 0.25) is 0 Å². The average molecular weight is 513 g/mol. The van der Waals surface area contributed by atoms with Crippen LogP contribution in [-0.2, 0) is 0 Å². The summed E-state index contributed by atoms with van der Waals surface area (Å²) >= 11 is 0. The van der Waals surface area contributed by atoms with E-state index in [9.17, 15) is 0 Å². The maximum absolute atomic E-state index is 6.22. The lowest BCUT2D eigenvalue weighted by atomic mass is 10.0. The number of rotatable bonds is 2. The van der Waals surface area contributed by atoms with Crippen molar-refractivity contribution in [2.45, 2.75) is 0 Å².